The Morgan fingerprint density at radius 3 is 2.48 bits per heavy atom. The van der Waals surface area contributed by atoms with Crippen molar-refractivity contribution in [2.45, 2.75) is 96.2 Å². The van der Waals surface area contributed by atoms with Crippen molar-refractivity contribution in [1.29, 1.82) is 0 Å². The second kappa shape index (κ2) is 10.7. The molecule has 0 bridgehead atoms. The number of cyclic esters (lactones) is 1. The predicted octanol–water partition coefficient (Wildman–Crippen LogP) is 4.70. The number of ether oxygens (including phenoxy) is 5. The molecule has 2 heterocycles. The van der Waals surface area contributed by atoms with E-state index in [0.717, 1.165) is 44.1 Å². The van der Waals surface area contributed by atoms with Gasteiger partial charge in [0.2, 0.25) is 0 Å². The van der Waals surface area contributed by atoms with Gasteiger partial charge in [0.25, 0.3) is 0 Å². The molecular weight excluding hydrogens is 564 g/mol. The molecule has 6 aliphatic rings. The molecule has 0 aromatic heterocycles. The first kappa shape index (κ1) is 29.5. The molecule has 1 saturated heterocycles. The topological polar surface area (TPSA) is 118 Å². The Morgan fingerprint density at radius 1 is 0.955 bits per heavy atom. The van der Waals surface area contributed by atoms with E-state index in [1.54, 1.807) is 0 Å². The van der Waals surface area contributed by atoms with Crippen molar-refractivity contribution < 1.29 is 42.9 Å². The third kappa shape index (κ3) is 4.52. The zero-order valence-corrected chi connectivity index (χ0v) is 25.7. The monoisotopic (exact) mass is 606 g/mol. The average molecular weight is 607 g/mol. The molecule has 5 fully saturated rings. The van der Waals surface area contributed by atoms with E-state index in [0.29, 0.717) is 30.8 Å². The van der Waals surface area contributed by atoms with E-state index in [9.17, 15) is 19.2 Å². The van der Waals surface area contributed by atoms with Crippen LogP contribution >= 0.6 is 0 Å². The largest absolute Gasteiger partial charge is 0.462 e. The number of carbonyl (C=O) groups excluding carboxylic acids is 4. The van der Waals surface area contributed by atoms with Gasteiger partial charge < -0.3 is 23.7 Å². The fraction of sp³-hybridized carbons (Fsp3) is 0.657. The Bertz CT molecular complexity index is 1370. The second-order valence-corrected chi connectivity index (χ2v) is 14.4. The molecule has 1 spiro atoms. The van der Waals surface area contributed by atoms with Crippen LogP contribution in [0.5, 0.6) is 0 Å². The van der Waals surface area contributed by atoms with Crippen molar-refractivity contribution in [2.24, 2.45) is 40.4 Å². The predicted molar refractivity (Wildman–Crippen MR) is 155 cm³/mol. The van der Waals surface area contributed by atoms with Crippen LogP contribution in [0.2, 0.25) is 0 Å². The van der Waals surface area contributed by atoms with Gasteiger partial charge in [0.15, 0.2) is 0 Å². The van der Waals surface area contributed by atoms with Crippen LogP contribution in [0.3, 0.4) is 0 Å². The molecule has 0 amide bonds. The summed E-state index contributed by atoms with van der Waals surface area (Å²) in [4.78, 5) is 49.1. The summed E-state index contributed by atoms with van der Waals surface area (Å²) in [5.74, 6) is -1.38. The maximum atomic E-state index is 12.6. The molecule has 4 saturated carbocycles. The SMILES string of the molecule is CC(=O)O[C@H]1[C@H]2O[C@]23[C@@H]2CC[C@@H]4C[C@@H](OC(=O)C(=O)OCc5ccccc5)CC[C@]4(C)[C@H]2CC[C@]3(C)[C@H]1C1C=CC(=O)OC1. The standard InChI is InChI=1S/C35H42O9/c1-20(36)42-29-28(22-9-12-27(37)40-19-22)34(3)16-14-25-26(35(34)30(29)44-35)11-10-23-17-24(13-15-33(23,25)2)43-32(39)31(38)41-18-21-7-5-4-6-8-21/h4-9,12,22-26,28-30H,10-11,13-19H2,1-3H3/t22?,23-,24+,25+,26-,28+,29-,30-,33+,34-,35-/m1/s1. The Balaban J connectivity index is 1.04. The van der Waals surface area contributed by atoms with E-state index in [1.807, 2.05) is 36.4 Å². The first-order valence-electron chi connectivity index (χ1n) is 16.2. The molecule has 7 rings (SSSR count). The van der Waals surface area contributed by atoms with Gasteiger partial charge in [-0.15, -0.1) is 0 Å². The van der Waals surface area contributed by atoms with Crippen molar-refractivity contribution in [3.05, 3.63) is 48.0 Å². The minimum Gasteiger partial charge on any atom is -0.462 e. The summed E-state index contributed by atoms with van der Waals surface area (Å²) in [6.45, 7) is 6.49. The van der Waals surface area contributed by atoms with E-state index in [1.165, 1.54) is 13.0 Å². The van der Waals surface area contributed by atoms with Crippen molar-refractivity contribution in [1.82, 2.24) is 0 Å². The number of carbonyl (C=O) groups is 4. The van der Waals surface area contributed by atoms with Crippen molar-refractivity contribution >= 4 is 23.9 Å². The lowest BCUT2D eigenvalue weighted by molar-refractivity contribution is -0.183. The number of rotatable bonds is 5. The van der Waals surface area contributed by atoms with Crippen LogP contribution in [0.25, 0.3) is 0 Å². The maximum Gasteiger partial charge on any atom is 0.417 e. The maximum absolute atomic E-state index is 12.6. The lowest BCUT2D eigenvalue weighted by Crippen LogP contribution is -2.59. The summed E-state index contributed by atoms with van der Waals surface area (Å²) in [5, 5.41) is 0. The summed E-state index contributed by atoms with van der Waals surface area (Å²) in [6.07, 6.45) is 8.95. The lowest BCUT2D eigenvalue weighted by atomic mass is 9.44. The van der Waals surface area contributed by atoms with Crippen LogP contribution in [-0.4, -0.2) is 54.4 Å². The van der Waals surface area contributed by atoms with Crippen LogP contribution in [0.15, 0.2) is 42.5 Å². The minimum absolute atomic E-state index is 0.0118. The van der Waals surface area contributed by atoms with Gasteiger partial charge in [0.1, 0.15) is 30.5 Å². The molecule has 1 aromatic carbocycles. The van der Waals surface area contributed by atoms with Gasteiger partial charge in [-0.3, -0.25) is 4.79 Å². The van der Waals surface area contributed by atoms with Gasteiger partial charge in [0.05, 0.1) is 6.61 Å². The number of benzene rings is 1. The van der Waals surface area contributed by atoms with E-state index in [-0.39, 0.29) is 65.1 Å². The van der Waals surface area contributed by atoms with E-state index in [4.69, 9.17) is 23.7 Å². The molecule has 4 aliphatic carbocycles. The van der Waals surface area contributed by atoms with Gasteiger partial charge in [-0.1, -0.05) is 50.3 Å². The van der Waals surface area contributed by atoms with Gasteiger partial charge in [0, 0.05) is 30.3 Å². The zero-order valence-electron chi connectivity index (χ0n) is 25.7. The number of epoxide rings is 1. The Morgan fingerprint density at radius 2 is 1.75 bits per heavy atom. The van der Waals surface area contributed by atoms with Crippen LogP contribution in [0, 0.1) is 40.4 Å². The average Bonchev–Trinajstić information content (AvgIpc) is 3.71. The summed E-state index contributed by atoms with van der Waals surface area (Å²) >= 11 is 0. The van der Waals surface area contributed by atoms with E-state index in [2.05, 4.69) is 13.8 Å². The van der Waals surface area contributed by atoms with Crippen molar-refractivity contribution in [3.63, 3.8) is 0 Å². The number of hydrogen-bond donors (Lipinski definition) is 0. The number of hydrogen-bond acceptors (Lipinski definition) is 9. The first-order chi connectivity index (χ1) is 21.1. The first-order valence-corrected chi connectivity index (χ1v) is 16.2. The molecule has 11 atom stereocenters. The summed E-state index contributed by atoms with van der Waals surface area (Å²) in [6, 6.07) is 9.26. The molecule has 236 valence electrons. The summed E-state index contributed by atoms with van der Waals surface area (Å²) in [7, 11) is 0. The van der Waals surface area contributed by atoms with Crippen LogP contribution < -0.4 is 0 Å². The van der Waals surface area contributed by atoms with Gasteiger partial charge in [-0.05, 0) is 73.7 Å². The van der Waals surface area contributed by atoms with Gasteiger partial charge >= 0.3 is 23.9 Å². The molecule has 1 aromatic rings. The highest BCUT2D eigenvalue weighted by atomic mass is 16.7. The fourth-order valence-electron chi connectivity index (χ4n) is 10.5. The van der Waals surface area contributed by atoms with Crippen molar-refractivity contribution in [3.8, 4) is 0 Å². The zero-order chi connectivity index (χ0) is 30.9. The van der Waals surface area contributed by atoms with Crippen LogP contribution in [0.1, 0.15) is 71.3 Å². The smallest absolute Gasteiger partial charge is 0.417 e. The van der Waals surface area contributed by atoms with Crippen LogP contribution in [-0.2, 0) is 49.5 Å². The third-order valence-corrected chi connectivity index (χ3v) is 12.5. The summed E-state index contributed by atoms with van der Waals surface area (Å²) < 4.78 is 29.1. The Labute approximate surface area is 258 Å². The van der Waals surface area contributed by atoms with Crippen LogP contribution in [0.4, 0.5) is 0 Å². The Hall–Kier alpha value is -3.20. The molecule has 0 N–H and O–H groups in total. The highest BCUT2D eigenvalue weighted by molar-refractivity contribution is 6.29. The number of fused-ring (bicyclic) bond motifs is 3. The van der Waals surface area contributed by atoms with E-state index >= 15 is 0 Å². The minimum atomic E-state index is -0.950. The van der Waals surface area contributed by atoms with Crippen molar-refractivity contribution in [2.75, 3.05) is 6.61 Å². The third-order valence-electron chi connectivity index (χ3n) is 12.5. The highest BCUT2D eigenvalue weighted by Crippen LogP contribution is 2.77. The highest BCUT2D eigenvalue weighted by Gasteiger charge is 2.85. The summed E-state index contributed by atoms with van der Waals surface area (Å²) in [5.41, 5.74) is 0.292. The quantitative estimate of drug-likeness (QED) is 0.203. The van der Waals surface area contributed by atoms with E-state index < -0.39 is 11.9 Å². The fourth-order valence-corrected chi connectivity index (χ4v) is 10.5. The Kier molecular flexibility index (Phi) is 7.18. The molecule has 44 heavy (non-hydrogen) atoms. The molecule has 9 heteroatoms. The molecular formula is C35H42O9. The van der Waals surface area contributed by atoms with Gasteiger partial charge in [-0.2, -0.15) is 0 Å². The second-order valence-electron chi connectivity index (χ2n) is 14.4. The molecule has 2 aliphatic heterocycles. The number of esters is 4. The molecule has 0 radical (unpaired) electrons. The molecule has 1 unspecified atom stereocenters. The lowest BCUT2D eigenvalue weighted by Gasteiger charge is -2.61. The normalized spacial score (nSPS) is 43.3. The molecule has 9 nitrogen and oxygen atoms in total. The van der Waals surface area contributed by atoms with Gasteiger partial charge in [-0.25, -0.2) is 14.4 Å².